The number of rotatable bonds is 1. The summed E-state index contributed by atoms with van der Waals surface area (Å²) in [5.41, 5.74) is 5.70. The highest BCUT2D eigenvalue weighted by Gasteiger charge is 2.15. The molecule has 0 aromatic rings. The second kappa shape index (κ2) is 2.51. The van der Waals surface area contributed by atoms with E-state index < -0.39 is 0 Å². The monoisotopic (exact) mass is 153 g/mol. The summed E-state index contributed by atoms with van der Waals surface area (Å²) in [7, 11) is 4.12. The molecule has 1 amide bonds. The highest BCUT2D eigenvalue weighted by atomic mass is 16.1. The first-order valence-corrected chi connectivity index (χ1v) is 3.53. The van der Waals surface area contributed by atoms with Crippen LogP contribution >= 0.6 is 0 Å². The zero-order valence-electron chi connectivity index (χ0n) is 6.87. The van der Waals surface area contributed by atoms with Crippen molar-refractivity contribution in [2.24, 2.45) is 5.73 Å². The minimum Gasteiger partial charge on any atom is -0.366 e. The Bertz CT molecular complexity index is 238. The molecule has 0 aliphatic carbocycles. The predicted octanol–water partition coefficient (Wildman–Crippen LogP) is 0.00180. The Hall–Kier alpha value is -1.09. The molecule has 1 aliphatic rings. The molecule has 3 nitrogen and oxygen atoms in total. The molecule has 1 rings (SSSR count). The molecular formula is C8H13N2O+. The average molecular weight is 153 g/mol. The van der Waals surface area contributed by atoms with Crippen molar-refractivity contribution in [3.8, 4) is 0 Å². The lowest BCUT2D eigenvalue weighted by molar-refractivity contribution is -0.833. The quantitative estimate of drug-likeness (QED) is 0.529. The molecular weight excluding hydrogens is 140 g/mol. The highest BCUT2D eigenvalue weighted by Crippen LogP contribution is 2.09. The third kappa shape index (κ3) is 1.91. The van der Waals surface area contributed by atoms with E-state index in [2.05, 4.69) is 14.1 Å². The van der Waals surface area contributed by atoms with E-state index in [-0.39, 0.29) is 5.91 Å². The Morgan fingerprint density at radius 2 is 2.27 bits per heavy atom. The van der Waals surface area contributed by atoms with Gasteiger partial charge in [-0.15, -0.1) is 0 Å². The maximum Gasteiger partial charge on any atom is 0.248 e. The van der Waals surface area contributed by atoms with Crippen molar-refractivity contribution in [2.75, 3.05) is 20.6 Å². The molecule has 0 radical (unpaired) electrons. The summed E-state index contributed by atoms with van der Waals surface area (Å²) in [6.45, 7) is 0.828. The van der Waals surface area contributed by atoms with Crippen molar-refractivity contribution in [3.05, 3.63) is 23.9 Å². The highest BCUT2D eigenvalue weighted by molar-refractivity contribution is 5.94. The van der Waals surface area contributed by atoms with Crippen LogP contribution in [0.4, 0.5) is 0 Å². The standard InChI is InChI=1S/C8H12N2O/c1-10(2)5-3-7(4-6-10)8(9)11/h3-5H,6H2,1-2H3,(H-,9,11)/p+1. The Kier molecular flexibility index (Phi) is 1.83. The molecule has 0 aromatic carbocycles. The van der Waals surface area contributed by atoms with Crippen LogP contribution in [0.1, 0.15) is 0 Å². The van der Waals surface area contributed by atoms with Crippen molar-refractivity contribution < 1.29 is 9.28 Å². The Morgan fingerprint density at radius 3 is 2.64 bits per heavy atom. The number of nitrogens with zero attached hydrogens (tertiary/aromatic N) is 1. The number of amides is 1. The molecule has 0 bridgehead atoms. The number of carbonyl (C=O) groups is 1. The van der Waals surface area contributed by atoms with E-state index in [0.717, 1.165) is 11.0 Å². The van der Waals surface area contributed by atoms with Gasteiger partial charge in [0.2, 0.25) is 5.91 Å². The number of hydrogen-bond donors (Lipinski definition) is 1. The number of carbonyl (C=O) groups excluding carboxylic acids is 1. The third-order valence-corrected chi connectivity index (χ3v) is 1.72. The lowest BCUT2D eigenvalue weighted by Gasteiger charge is -2.25. The van der Waals surface area contributed by atoms with Crippen molar-refractivity contribution >= 4 is 5.91 Å². The molecule has 0 saturated heterocycles. The van der Waals surface area contributed by atoms with Gasteiger partial charge >= 0.3 is 0 Å². The first-order valence-electron chi connectivity index (χ1n) is 3.53. The fourth-order valence-corrected chi connectivity index (χ4v) is 0.927. The van der Waals surface area contributed by atoms with Gasteiger partial charge in [0, 0.05) is 11.6 Å². The van der Waals surface area contributed by atoms with Gasteiger partial charge in [-0.2, -0.15) is 0 Å². The second-order valence-electron chi connectivity index (χ2n) is 3.30. The van der Waals surface area contributed by atoms with Gasteiger partial charge in [-0.3, -0.25) is 9.28 Å². The van der Waals surface area contributed by atoms with Crippen LogP contribution in [0.15, 0.2) is 23.9 Å². The molecule has 0 spiro atoms. The zero-order chi connectivity index (χ0) is 8.48. The van der Waals surface area contributed by atoms with Crippen LogP contribution in [0.3, 0.4) is 0 Å². The molecule has 60 valence electrons. The molecule has 1 aliphatic heterocycles. The van der Waals surface area contributed by atoms with E-state index >= 15 is 0 Å². The zero-order valence-corrected chi connectivity index (χ0v) is 6.87. The second-order valence-corrected chi connectivity index (χ2v) is 3.30. The summed E-state index contributed by atoms with van der Waals surface area (Å²) < 4.78 is 0.775. The van der Waals surface area contributed by atoms with Crippen LogP contribution in [-0.2, 0) is 4.79 Å². The number of primary amides is 1. The SMILES string of the molecule is C[N+]1(C)C=CC(C(N)=O)=CC1. The summed E-state index contributed by atoms with van der Waals surface area (Å²) >= 11 is 0. The third-order valence-electron chi connectivity index (χ3n) is 1.72. The van der Waals surface area contributed by atoms with Gasteiger partial charge in [-0.05, 0) is 6.08 Å². The first kappa shape index (κ1) is 8.01. The van der Waals surface area contributed by atoms with E-state index in [4.69, 9.17) is 5.73 Å². The maximum absolute atomic E-state index is 10.7. The number of likely N-dealkylation sites (N-methyl/N-ethyl adjacent to an activating group) is 1. The molecule has 0 aromatic heterocycles. The number of hydrogen-bond acceptors (Lipinski definition) is 1. The normalized spacial score (nSPS) is 21.1. The predicted molar refractivity (Wildman–Crippen MR) is 43.4 cm³/mol. The summed E-state index contributed by atoms with van der Waals surface area (Å²) in [6.07, 6.45) is 5.59. The minimum absolute atomic E-state index is 0.346. The molecule has 11 heavy (non-hydrogen) atoms. The fourth-order valence-electron chi connectivity index (χ4n) is 0.927. The van der Waals surface area contributed by atoms with Gasteiger partial charge in [-0.1, -0.05) is 0 Å². The van der Waals surface area contributed by atoms with Crippen molar-refractivity contribution in [1.82, 2.24) is 0 Å². The average Bonchev–Trinajstić information content (AvgIpc) is 1.86. The molecule has 0 unspecified atom stereocenters. The van der Waals surface area contributed by atoms with Gasteiger partial charge in [0.15, 0.2) is 0 Å². The lowest BCUT2D eigenvalue weighted by Crippen LogP contribution is -2.36. The lowest BCUT2D eigenvalue weighted by atomic mass is 10.2. The fraction of sp³-hybridized carbons (Fsp3) is 0.375. The summed E-state index contributed by atoms with van der Waals surface area (Å²) in [6, 6.07) is 0. The van der Waals surface area contributed by atoms with Crippen LogP contribution in [-0.4, -0.2) is 31.0 Å². The molecule has 0 fully saturated rings. The van der Waals surface area contributed by atoms with Gasteiger partial charge < -0.3 is 5.73 Å². The van der Waals surface area contributed by atoms with Crippen LogP contribution in [0.25, 0.3) is 0 Å². The molecule has 0 atom stereocenters. The van der Waals surface area contributed by atoms with E-state index in [1.165, 1.54) is 0 Å². The molecule has 1 heterocycles. The van der Waals surface area contributed by atoms with E-state index in [9.17, 15) is 4.79 Å². The van der Waals surface area contributed by atoms with Gasteiger partial charge in [0.1, 0.15) is 6.54 Å². The van der Waals surface area contributed by atoms with Gasteiger partial charge in [0.05, 0.1) is 20.3 Å². The van der Waals surface area contributed by atoms with Crippen molar-refractivity contribution in [1.29, 1.82) is 0 Å². The summed E-state index contributed by atoms with van der Waals surface area (Å²) in [4.78, 5) is 10.7. The van der Waals surface area contributed by atoms with E-state index in [1.807, 2.05) is 12.3 Å². The van der Waals surface area contributed by atoms with E-state index in [1.54, 1.807) is 6.08 Å². The van der Waals surface area contributed by atoms with Crippen LogP contribution < -0.4 is 5.73 Å². The maximum atomic E-state index is 10.7. The van der Waals surface area contributed by atoms with Crippen LogP contribution in [0.5, 0.6) is 0 Å². The molecule has 3 heteroatoms. The molecule has 0 saturated carbocycles. The summed E-state index contributed by atoms with van der Waals surface area (Å²) in [5.74, 6) is -0.346. The minimum atomic E-state index is -0.346. The topological polar surface area (TPSA) is 43.1 Å². The smallest absolute Gasteiger partial charge is 0.248 e. The number of nitrogens with two attached hydrogens (primary N) is 1. The van der Waals surface area contributed by atoms with Crippen LogP contribution in [0, 0.1) is 0 Å². The van der Waals surface area contributed by atoms with Crippen molar-refractivity contribution in [2.45, 2.75) is 0 Å². The van der Waals surface area contributed by atoms with Gasteiger partial charge in [0.25, 0.3) is 0 Å². The van der Waals surface area contributed by atoms with E-state index in [0.29, 0.717) is 5.57 Å². The Balaban J connectivity index is 2.75. The van der Waals surface area contributed by atoms with Gasteiger partial charge in [-0.25, -0.2) is 0 Å². The van der Waals surface area contributed by atoms with Crippen LogP contribution in [0.2, 0.25) is 0 Å². The first-order chi connectivity index (χ1) is 5.01. The number of quaternary nitrogens is 1. The Labute approximate surface area is 66.4 Å². The summed E-state index contributed by atoms with van der Waals surface area (Å²) in [5, 5.41) is 0. The van der Waals surface area contributed by atoms with Crippen molar-refractivity contribution in [3.63, 3.8) is 0 Å². The molecule has 2 N–H and O–H groups in total. The largest absolute Gasteiger partial charge is 0.366 e. The Morgan fingerprint density at radius 1 is 1.64 bits per heavy atom.